The molecule has 1 saturated heterocycles. The standard InChI is InChI=1S/C18H19Cl2N7O/c19-12-1-2-13(22-9-12)10-23-17(28)18(26-20)4-7-27(8-5-18)16-14-3-6-21-15(14)24-11-25-16/h1-3,6,9,11,26H,4-5,7-8,10H2,(H,23,28)(H,21,24,25). The second kappa shape index (κ2) is 7.90. The van der Waals surface area contributed by atoms with Gasteiger partial charge in [-0.25, -0.2) is 14.8 Å². The predicted octanol–water partition coefficient (Wildman–Crippen LogP) is 2.41. The van der Waals surface area contributed by atoms with E-state index in [0.717, 1.165) is 22.5 Å². The van der Waals surface area contributed by atoms with Crippen molar-refractivity contribution < 1.29 is 4.79 Å². The van der Waals surface area contributed by atoms with Crippen molar-refractivity contribution in [1.82, 2.24) is 30.1 Å². The van der Waals surface area contributed by atoms with E-state index in [1.54, 1.807) is 24.7 Å². The number of anilines is 1. The van der Waals surface area contributed by atoms with E-state index >= 15 is 0 Å². The lowest BCUT2D eigenvalue weighted by Gasteiger charge is -2.40. The van der Waals surface area contributed by atoms with Crippen LogP contribution in [0.5, 0.6) is 0 Å². The van der Waals surface area contributed by atoms with Crippen molar-refractivity contribution in [2.45, 2.75) is 24.9 Å². The number of aromatic amines is 1. The van der Waals surface area contributed by atoms with Gasteiger partial charge in [-0.3, -0.25) is 9.78 Å². The molecule has 1 aliphatic rings. The molecule has 4 heterocycles. The summed E-state index contributed by atoms with van der Waals surface area (Å²) in [5, 5.41) is 4.44. The van der Waals surface area contributed by atoms with Crippen LogP contribution in [0.3, 0.4) is 0 Å². The van der Waals surface area contributed by atoms with Crippen molar-refractivity contribution in [2.75, 3.05) is 18.0 Å². The third kappa shape index (κ3) is 3.63. The number of fused-ring (bicyclic) bond motifs is 1. The number of amides is 1. The van der Waals surface area contributed by atoms with Gasteiger partial charge < -0.3 is 15.2 Å². The molecule has 146 valence electrons. The molecule has 1 aliphatic heterocycles. The molecule has 0 spiro atoms. The summed E-state index contributed by atoms with van der Waals surface area (Å²) in [6.45, 7) is 1.60. The topological polar surface area (TPSA) is 98.8 Å². The van der Waals surface area contributed by atoms with Gasteiger partial charge in [0.05, 0.1) is 22.6 Å². The van der Waals surface area contributed by atoms with Crippen LogP contribution in [0.2, 0.25) is 5.02 Å². The van der Waals surface area contributed by atoms with E-state index in [9.17, 15) is 4.79 Å². The molecule has 1 amide bonds. The van der Waals surface area contributed by atoms with Gasteiger partial charge in [0.15, 0.2) is 0 Å². The van der Waals surface area contributed by atoms with Crippen LogP contribution in [0.1, 0.15) is 18.5 Å². The Morgan fingerprint density at radius 1 is 1.21 bits per heavy atom. The Morgan fingerprint density at radius 2 is 2.04 bits per heavy atom. The van der Waals surface area contributed by atoms with Crippen molar-refractivity contribution in [1.29, 1.82) is 0 Å². The van der Waals surface area contributed by atoms with Crippen LogP contribution >= 0.6 is 23.4 Å². The molecule has 8 nitrogen and oxygen atoms in total. The number of rotatable bonds is 5. The number of H-pyrrole nitrogens is 1. The summed E-state index contributed by atoms with van der Waals surface area (Å²) in [4.78, 5) is 33.6. The van der Waals surface area contributed by atoms with Gasteiger partial charge in [0, 0.05) is 25.5 Å². The summed E-state index contributed by atoms with van der Waals surface area (Å²) in [5.74, 6) is 0.716. The molecule has 0 radical (unpaired) electrons. The van der Waals surface area contributed by atoms with Gasteiger partial charge in [-0.05, 0) is 42.8 Å². The fourth-order valence-corrected chi connectivity index (χ4v) is 3.81. The summed E-state index contributed by atoms with van der Waals surface area (Å²) >= 11 is 11.9. The minimum absolute atomic E-state index is 0.145. The highest BCUT2D eigenvalue weighted by molar-refractivity contribution is 6.30. The highest BCUT2D eigenvalue weighted by atomic mass is 35.5. The number of hydrogen-bond acceptors (Lipinski definition) is 6. The van der Waals surface area contributed by atoms with Crippen LogP contribution in [0.4, 0.5) is 5.82 Å². The second-order valence-electron chi connectivity index (χ2n) is 6.75. The second-order valence-corrected chi connectivity index (χ2v) is 7.38. The first-order valence-electron chi connectivity index (χ1n) is 8.91. The maximum absolute atomic E-state index is 12.8. The molecule has 0 aromatic carbocycles. The first-order chi connectivity index (χ1) is 13.6. The zero-order valence-electron chi connectivity index (χ0n) is 15.0. The van der Waals surface area contributed by atoms with Gasteiger partial charge in [0.1, 0.15) is 23.3 Å². The van der Waals surface area contributed by atoms with Crippen molar-refractivity contribution in [2.24, 2.45) is 0 Å². The van der Waals surface area contributed by atoms with Crippen molar-refractivity contribution in [3.05, 3.63) is 47.6 Å². The molecule has 0 unspecified atom stereocenters. The summed E-state index contributed by atoms with van der Waals surface area (Å²) < 4.78 is 0. The van der Waals surface area contributed by atoms with Crippen LogP contribution in [0, 0.1) is 0 Å². The Balaban J connectivity index is 1.42. The molecular formula is C18H19Cl2N7O. The van der Waals surface area contributed by atoms with Crippen LogP contribution < -0.4 is 15.1 Å². The van der Waals surface area contributed by atoms with E-state index < -0.39 is 5.54 Å². The van der Waals surface area contributed by atoms with E-state index in [4.69, 9.17) is 23.4 Å². The van der Waals surface area contributed by atoms with Gasteiger partial charge in [-0.2, -0.15) is 0 Å². The minimum atomic E-state index is -0.839. The summed E-state index contributed by atoms with van der Waals surface area (Å²) in [7, 11) is 0. The Hall–Kier alpha value is -2.42. The first-order valence-corrected chi connectivity index (χ1v) is 9.66. The quantitative estimate of drug-likeness (QED) is 0.549. The lowest BCUT2D eigenvalue weighted by atomic mass is 9.87. The van der Waals surface area contributed by atoms with Crippen LogP contribution in [0.15, 0.2) is 36.9 Å². The van der Waals surface area contributed by atoms with Gasteiger partial charge in [0.25, 0.3) is 0 Å². The van der Waals surface area contributed by atoms with Crippen molar-refractivity contribution in [3.63, 3.8) is 0 Å². The van der Waals surface area contributed by atoms with Gasteiger partial charge >= 0.3 is 0 Å². The molecule has 0 bridgehead atoms. The fourth-order valence-electron chi connectivity index (χ4n) is 3.43. The van der Waals surface area contributed by atoms with E-state index in [1.165, 1.54) is 0 Å². The minimum Gasteiger partial charge on any atom is -0.356 e. The van der Waals surface area contributed by atoms with Crippen LogP contribution in [-0.4, -0.2) is 44.5 Å². The maximum Gasteiger partial charge on any atom is 0.241 e. The van der Waals surface area contributed by atoms with Crippen LogP contribution in [0.25, 0.3) is 11.0 Å². The Kier molecular flexibility index (Phi) is 5.34. The third-order valence-corrected chi connectivity index (χ3v) is 5.67. The lowest BCUT2D eigenvalue weighted by molar-refractivity contribution is -0.128. The monoisotopic (exact) mass is 419 g/mol. The number of hydrogen-bond donors (Lipinski definition) is 3. The maximum atomic E-state index is 12.8. The Bertz CT molecular complexity index is 967. The molecule has 10 heteroatoms. The zero-order chi connectivity index (χ0) is 19.6. The molecule has 1 fully saturated rings. The Morgan fingerprint density at radius 3 is 2.75 bits per heavy atom. The Labute approximate surface area is 171 Å². The number of nitrogens with zero attached hydrogens (tertiary/aromatic N) is 4. The summed E-state index contributed by atoms with van der Waals surface area (Å²) in [6, 6.07) is 5.48. The zero-order valence-corrected chi connectivity index (χ0v) is 16.5. The molecule has 3 aromatic rings. The molecule has 3 N–H and O–H groups in total. The average molecular weight is 420 g/mol. The van der Waals surface area contributed by atoms with Crippen molar-refractivity contribution in [3.8, 4) is 0 Å². The third-order valence-electron chi connectivity index (χ3n) is 5.08. The van der Waals surface area contributed by atoms with Crippen molar-refractivity contribution >= 4 is 46.1 Å². The highest BCUT2D eigenvalue weighted by Crippen LogP contribution is 2.29. The number of halogens is 2. The number of aromatic nitrogens is 4. The largest absolute Gasteiger partial charge is 0.356 e. The molecule has 3 aromatic heterocycles. The fraction of sp³-hybridized carbons (Fsp3) is 0.333. The highest BCUT2D eigenvalue weighted by Gasteiger charge is 2.41. The van der Waals surface area contributed by atoms with Crippen LogP contribution in [-0.2, 0) is 11.3 Å². The smallest absolute Gasteiger partial charge is 0.241 e. The molecule has 28 heavy (non-hydrogen) atoms. The molecule has 0 atom stereocenters. The van der Waals surface area contributed by atoms with E-state index in [2.05, 4.69) is 35.0 Å². The lowest BCUT2D eigenvalue weighted by Crippen LogP contribution is -2.59. The van der Waals surface area contributed by atoms with E-state index in [0.29, 0.717) is 37.5 Å². The van der Waals surface area contributed by atoms with Gasteiger partial charge in [0.2, 0.25) is 5.91 Å². The van der Waals surface area contributed by atoms with Gasteiger partial charge in [-0.1, -0.05) is 11.6 Å². The SMILES string of the molecule is O=C(NCc1ccc(Cl)cn1)C1(NCl)CCN(c2ncnc3[nH]ccc23)CC1. The molecule has 4 rings (SSSR count). The summed E-state index contributed by atoms with van der Waals surface area (Å²) in [5.41, 5.74) is 0.690. The number of piperidine rings is 1. The number of carbonyl (C=O) groups is 1. The van der Waals surface area contributed by atoms with E-state index in [-0.39, 0.29) is 5.91 Å². The molecule has 0 aliphatic carbocycles. The van der Waals surface area contributed by atoms with Gasteiger partial charge in [-0.15, -0.1) is 0 Å². The molecule has 0 saturated carbocycles. The number of carbonyl (C=O) groups excluding carboxylic acids is 1. The summed E-state index contributed by atoms with van der Waals surface area (Å²) in [6.07, 6.45) is 6.04. The number of pyridine rings is 1. The number of nitrogens with one attached hydrogen (secondary N) is 3. The molecular weight excluding hydrogens is 401 g/mol. The average Bonchev–Trinajstić information content (AvgIpc) is 3.22. The van der Waals surface area contributed by atoms with E-state index in [1.807, 2.05) is 12.3 Å². The predicted molar refractivity (Wildman–Crippen MR) is 108 cm³/mol. The normalized spacial score (nSPS) is 16.3. The first kappa shape index (κ1) is 18.9.